The summed E-state index contributed by atoms with van der Waals surface area (Å²) in [5.74, 6) is 1.16. The van der Waals surface area contributed by atoms with E-state index in [9.17, 15) is 4.79 Å². The number of likely N-dealkylation sites (tertiary alicyclic amines) is 1. The molecule has 0 unspecified atom stereocenters. The molecule has 1 saturated carbocycles. The minimum Gasteiger partial charge on any atom is -0.490 e. The average molecular weight is 540 g/mol. The number of ether oxygens (including phenoxy) is 1. The summed E-state index contributed by atoms with van der Waals surface area (Å²) in [5.41, 5.74) is 4.20. The summed E-state index contributed by atoms with van der Waals surface area (Å²) in [6, 6.07) is 19.5. The van der Waals surface area contributed by atoms with Gasteiger partial charge in [-0.05, 0) is 86.2 Å². The lowest BCUT2D eigenvalue weighted by Gasteiger charge is -2.31. The smallest absolute Gasteiger partial charge is 0.251 e. The number of aromatic amines is 1. The Morgan fingerprint density at radius 1 is 1.05 bits per heavy atom. The second-order valence-corrected chi connectivity index (χ2v) is 11.0. The molecule has 3 N–H and O–H groups in total. The quantitative estimate of drug-likeness (QED) is 0.273. The number of nitrogens with zero attached hydrogens (tertiary/aromatic N) is 3. The number of carbonyl (C=O) groups excluding carboxylic acids is 1. The van der Waals surface area contributed by atoms with Crippen molar-refractivity contribution < 1.29 is 14.6 Å². The van der Waals surface area contributed by atoms with Gasteiger partial charge in [0, 0.05) is 42.3 Å². The van der Waals surface area contributed by atoms with Crippen molar-refractivity contribution in [3.05, 3.63) is 78.1 Å². The molecule has 6 rings (SSSR count). The van der Waals surface area contributed by atoms with Gasteiger partial charge in [-0.3, -0.25) is 14.9 Å². The number of nitrogens with one attached hydrogen (secondary N) is 2. The van der Waals surface area contributed by atoms with Crippen molar-refractivity contribution in [2.45, 2.75) is 50.7 Å². The highest BCUT2D eigenvalue weighted by molar-refractivity contribution is 6.01. The third-order valence-corrected chi connectivity index (χ3v) is 8.37. The van der Waals surface area contributed by atoms with Gasteiger partial charge in [-0.25, -0.2) is 0 Å². The van der Waals surface area contributed by atoms with Crippen LogP contribution in [0.15, 0.2) is 66.9 Å². The van der Waals surface area contributed by atoms with Gasteiger partial charge in [-0.1, -0.05) is 18.9 Å². The number of rotatable bonds is 9. The summed E-state index contributed by atoms with van der Waals surface area (Å²) < 4.78 is 6.23. The Kier molecular flexibility index (Phi) is 8.07. The predicted octanol–water partition coefficient (Wildman–Crippen LogP) is 5.12. The summed E-state index contributed by atoms with van der Waals surface area (Å²) in [6.45, 7) is 2.82. The summed E-state index contributed by atoms with van der Waals surface area (Å²) in [7, 11) is 0. The number of carbonyl (C=O) groups is 1. The van der Waals surface area contributed by atoms with Gasteiger partial charge in [0.1, 0.15) is 11.9 Å². The molecular formula is C32H37N5O3. The number of aliphatic hydroxyl groups excluding tert-OH is 1. The molecule has 1 aliphatic carbocycles. The van der Waals surface area contributed by atoms with Crippen LogP contribution >= 0.6 is 0 Å². The zero-order valence-electron chi connectivity index (χ0n) is 22.8. The maximum atomic E-state index is 13.5. The van der Waals surface area contributed by atoms with Crippen LogP contribution in [-0.4, -0.2) is 63.4 Å². The number of benzene rings is 2. The van der Waals surface area contributed by atoms with Gasteiger partial charge in [0.25, 0.3) is 5.91 Å². The van der Waals surface area contributed by atoms with E-state index in [1.165, 1.54) is 12.8 Å². The summed E-state index contributed by atoms with van der Waals surface area (Å²) in [5, 5.41) is 21.0. The topological polar surface area (TPSA) is 103 Å². The predicted molar refractivity (Wildman–Crippen MR) is 155 cm³/mol. The first-order chi connectivity index (χ1) is 19.7. The van der Waals surface area contributed by atoms with Crippen molar-refractivity contribution in [2.24, 2.45) is 5.92 Å². The van der Waals surface area contributed by atoms with Crippen LogP contribution in [0.1, 0.15) is 60.6 Å². The monoisotopic (exact) mass is 539 g/mol. The Morgan fingerprint density at radius 3 is 2.58 bits per heavy atom. The maximum absolute atomic E-state index is 13.5. The van der Waals surface area contributed by atoms with Gasteiger partial charge in [-0.2, -0.15) is 5.10 Å². The number of hydrogen-bond donors (Lipinski definition) is 3. The fourth-order valence-electron chi connectivity index (χ4n) is 6.16. The van der Waals surface area contributed by atoms with E-state index < -0.39 is 0 Å². The first kappa shape index (κ1) is 26.5. The number of fused-ring (bicyclic) bond motifs is 1. The van der Waals surface area contributed by atoms with Crippen LogP contribution in [-0.2, 0) is 0 Å². The number of hydrogen-bond acceptors (Lipinski definition) is 6. The lowest BCUT2D eigenvalue weighted by atomic mass is 9.94. The lowest BCUT2D eigenvalue weighted by molar-refractivity contribution is 0.0889. The van der Waals surface area contributed by atoms with Crippen molar-refractivity contribution in [3.63, 3.8) is 0 Å². The minimum absolute atomic E-state index is 0.0922. The number of H-pyrrole nitrogens is 1. The number of amides is 1. The highest BCUT2D eigenvalue weighted by Gasteiger charge is 2.29. The third-order valence-electron chi connectivity index (χ3n) is 8.37. The van der Waals surface area contributed by atoms with Gasteiger partial charge in [0.15, 0.2) is 0 Å². The Labute approximate surface area is 234 Å². The molecule has 8 heteroatoms. The Hall–Kier alpha value is -3.75. The molecule has 208 valence electrons. The van der Waals surface area contributed by atoms with Crippen LogP contribution in [0, 0.1) is 5.92 Å². The van der Waals surface area contributed by atoms with Crippen molar-refractivity contribution in [3.8, 4) is 17.0 Å². The zero-order valence-corrected chi connectivity index (χ0v) is 22.8. The second kappa shape index (κ2) is 12.2. The first-order valence-electron chi connectivity index (χ1n) is 14.5. The molecule has 1 saturated heterocycles. The minimum atomic E-state index is -0.0924. The Morgan fingerprint density at radius 2 is 1.85 bits per heavy atom. The zero-order chi connectivity index (χ0) is 27.3. The van der Waals surface area contributed by atoms with E-state index in [1.807, 2.05) is 60.7 Å². The molecule has 8 nitrogen and oxygen atoms in total. The SMILES string of the molecule is O=C(N[C@H](c1ccccn1)C1CCCC1)c1ccc2[nH]nc(-c3ccc(OC4CCN(CCO)CC4)cc3)c2c1. The molecule has 0 spiro atoms. The molecule has 3 heterocycles. The summed E-state index contributed by atoms with van der Waals surface area (Å²) >= 11 is 0. The highest BCUT2D eigenvalue weighted by Crippen LogP contribution is 2.35. The standard InChI is InChI=1S/C32H37N5O3/c38-20-19-37-17-14-26(15-18-37)40-25-11-8-23(9-12-25)30-27-21-24(10-13-28(27)35-36-30)32(39)34-31(22-5-1-2-6-22)29-7-3-4-16-33-29/h3-4,7-13,16,21-22,26,31,38H,1-2,5-6,14-15,17-20H2,(H,34,39)(H,35,36)/t31-/m0/s1. The number of aliphatic hydroxyl groups is 1. The second-order valence-electron chi connectivity index (χ2n) is 11.0. The molecule has 2 aliphatic rings. The van der Waals surface area contributed by atoms with Gasteiger partial charge in [0.2, 0.25) is 0 Å². The number of piperidine rings is 1. The van der Waals surface area contributed by atoms with E-state index >= 15 is 0 Å². The van der Waals surface area contributed by atoms with Crippen LogP contribution in [0.2, 0.25) is 0 Å². The van der Waals surface area contributed by atoms with Gasteiger partial charge >= 0.3 is 0 Å². The fourth-order valence-corrected chi connectivity index (χ4v) is 6.16. The van der Waals surface area contributed by atoms with Crippen molar-refractivity contribution in [2.75, 3.05) is 26.2 Å². The Bertz CT molecular complexity index is 1410. The largest absolute Gasteiger partial charge is 0.490 e. The molecule has 1 aliphatic heterocycles. The van der Waals surface area contributed by atoms with E-state index in [2.05, 4.69) is 25.4 Å². The molecule has 2 fully saturated rings. The molecule has 40 heavy (non-hydrogen) atoms. The van der Waals surface area contributed by atoms with Crippen molar-refractivity contribution >= 4 is 16.8 Å². The molecule has 2 aromatic carbocycles. The van der Waals surface area contributed by atoms with Crippen LogP contribution in [0.25, 0.3) is 22.2 Å². The third kappa shape index (κ3) is 5.88. The van der Waals surface area contributed by atoms with Gasteiger partial charge < -0.3 is 20.1 Å². The van der Waals surface area contributed by atoms with Crippen LogP contribution in [0.5, 0.6) is 5.75 Å². The molecular weight excluding hydrogens is 502 g/mol. The number of pyridine rings is 1. The first-order valence-corrected chi connectivity index (χ1v) is 14.5. The summed E-state index contributed by atoms with van der Waals surface area (Å²) in [4.78, 5) is 20.3. The molecule has 1 atom stereocenters. The van der Waals surface area contributed by atoms with Crippen LogP contribution in [0.3, 0.4) is 0 Å². The molecule has 0 radical (unpaired) electrons. The average Bonchev–Trinajstić information content (AvgIpc) is 3.68. The highest BCUT2D eigenvalue weighted by atomic mass is 16.5. The normalized spacial score (nSPS) is 17.7. The van der Waals surface area contributed by atoms with Crippen molar-refractivity contribution in [1.82, 2.24) is 25.4 Å². The lowest BCUT2D eigenvalue weighted by Crippen LogP contribution is -2.39. The van der Waals surface area contributed by atoms with E-state index in [0.717, 1.165) is 78.9 Å². The number of β-amino-alcohol motifs (C(OH)–C–C–N with tert-alkyl or cyclic N) is 1. The van der Waals surface area contributed by atoms with Gasteiger partial charge in [-0.15, -0.1) is 0 Å². The van der Waals surface area contributed by atoms with E-state index in [0.29, 0.717) is 11.5 Å². The van der Waals surface area contributed by atoms with E-state index in [-0.39, 0.29) is 24.7 Å². The summed E-state index contributed by atoms with van der Waals surface area (Å²) in [6.07, 6.45) is 8.50. The van der Waals surface area contributed by atoms with Crippen molar-refractivity contribution in [1.29, 1.82) is 0 Å². The molecule has 2 aromatic heterocycles. The van der Waals surface area contributed by atoms with E-state index in [4.69, 9.17) is 9.84 Å². The molecule has 0 bridgehead atoms. The van der Waals surface area contributed by atoms with Crippen LogP contribution < -0.4 is 10.1 Å². The molecule has 4 aromatic rings. The maximum Gasteiger partial charge on any atom is 0.251 e. The van der Waals surface area contributed by atoms with Gasteiger partial charge in [0.05, 0.1) is 29.6 Å². The fraction of sp³-hybridized carbons (Fsp3) is 0.406. The number of aromatic nitrogens is 3. The molecule has 1 amide bonds. The van der Waals surface area contributed by atoms with E-state index in [1.54, 1.807) is 6.20 Å². The van der Waals surface area contributed by atoms with Crippen LogP contribution in [0.4, 0.5) is 0 Å². The Balaban J connectivity index is 1.17.